The number of benzene rings is 1. The molecule has 5 nitrogen and oxygen atoms in total. The first-order chi connectivity index (χ1) is 11.7. The summed E-state index contributed by atoms with van der Waals surface area (Å²) < 4.78 is 12.2. The molecule has 0 aliphatic carbocycles. The molecule has 0 saturated heterocycles. The van der Waals surface area contributed by atoms with Crippen molar-refractivity contribution < 1.29 is 14.3 Å². The standard InChI is InChI=1S/C18H22N2O3S/c1-22-14-5-3-13(4-6-14)12-24-16-9-10-20-15(16)11-19-17(20)7-8-18(21)23-2/h3-6,11,16H,7-10,12H2,1-2H3. The SMILES string of the molecule is COC(=O)CCc1ncc2n1CCC2SCc1ccc(OC)cc1. The van der Waals surface area contributed by atoms with Gasteiger partial charge in [-0.3, -0.25) is 4.79 Å². The molecule has 24 heavy (non-hydrogen) atoms. The molecule has 1 aromatic carbocycles. The van der Waals surface area contributed by atoms with Crippen LogP contribution < -0.4 is 4.74 Å². The molecule has 1 aliphatic rings. The van der Waals surface area contributed by atoms with Crippen LogP contribution in [0.1, 0.15) is 35.2 Å². The van der Waals surface area contributed by atoms with E-state index in [0.29, 0.717) is 18.1 Å². The Morgan fingerprint density at radius 2 is 2.12 bits per heavy atom. The van der Waals surface area contributed by atoms with E-state index in [-0.39, 0.29) is 5.97 Å². The summed E-state index contributed by atoms with van der Waals surface area (Å²) in [7, 11) is 3.10. The molecule has 2 aromatic rings. The number of aryl methyl sites for hydroxylation is 1. The van der Waals surface area contributed by atoms with Crippen molar-refractivity contribution in [1.82, 2.24) is 9.55 Å². The summed E-state index contributed by atoms with van der Waals surface area (Å²) >= 11 is 1.94. The van der Waals surface area contributed by atoms with Gasteiger partial charge in [-0.05, 0) is 24.1 Å². The maximum absolute atomic E-state index is 11.3. The number of fused-ring (bicyclic) bond motifs is 1. The lowest BCUT2D eigenvalue weighted by atomic mass is 10.2. The molecule has 1 aromatic heterocycles. The van der Waals surface area contributed by atoms with Gasteiger partial charge in [0, 0.05) is 30.2 Å². The number of carbonyl (C=O) groups is 1. The Morgan fingerprint density at radius 1 is 1.33 bits per heavy atom. The number of methoxy groups -OCH3 is 2. The first-order valence-corrected chi connectivity index (χ1v) is 9.11. The second-order valence-electron chi connectivity index (χ2n) is 5.76. The molecule has 6 heteroatoms. The molecule has 0 N–H and O–H groups in total. The van der Waals surface area contributed by atoms with Crippen LogP contribution in [0.2, 0.25) is 0 Å². The molecule has 1 aliphatic heterocycles. The predicted molar refractivity (Wildman–Crippen MR) is 94.2 cm³/mol. The highest BCUT2D eigenvalue weighted by Gasteiger charge is 2.26. The third-order valence-corrected chi connectivity index (χ3v) is 5.68. The Bertz CT molecular complexity index is 697. The fourth-order valence-electron chi connectivity index (χ4n) is 2.94. The molecule has 0 radical (unpaired) electrons. The number of rotatable bonds is 7. The molecular formula is C18H22N2O3S. The molecule has 0 spiro atoms. The number of hydrogen-bond acceptors (Lipinski definition) is 5. The Labute approximate surface area is 146 Å². The third-order valence-electron chi connectivity index (χ3n) is 4.30. The van der Waals surface area contributed by atoms with Gasteiger partial charge in [-0.1, -0.05) is 12.1 Å². The number of ether oxygens (including phenoxy) is 2. The maximum Gasteiger partial charge on any atom is 0.305 e. The lowest BCUT2D eigenvalue weighted by Gasteiger charge is -2.09. The number of esters is 1. The molecule has 3 rings (SSSR count). The minimum Gasteiger partial charge on any atom is -0.497 e. The summed E-state index contributed by atoms with van der Waals surface area (Å²) in [5, 5.41) is 0.464. The second-order valence-corrected chi connectivity index (χ2v) is 6.95. The molecule has 0 fully saturated rings. The van der Waals surface area contributed by atoms with Crippen LogP contribution in [0.5, 0.6) is 5.75 Å². The van der Waals surface area contributed by atoms with Crippen LogP contribution in [0, 0.1) is 0 Å². The topological polar surface area (TPSA) is 53.3 Å². The summed E-state index contributed by atoms with van der Waals surface area (Å²) in [6.07, 6.45) is 4.11. The van der Waals surface area contributed by atoms with Crippen molar-refractivity contribution in [3.05, 3.63) is 47.5 Å². The Hall–Kier alpha value is -1.95. The number of nitrogens with zero attached hydrogens (tertiary/aromatic N) is 2. The van der Waals surface area contributed by atoms with Gasteiger partial charge < -0.3 is 14.0 Å². The first-order valence-electron chi connectivity index (χ1n) is 8.07. The van der Waals surface area contributed by atoms with Crippen molar-refractivity contribution in [3.8, 4) is 5.75 Å². The van der Waals surface area contributed by atoms with Gasteiger partial charge in [-0.25, -0.2) is 4.98 Å². The number of aromatic nitrogens is 2. The largest absolute Gasteiger partial charge is 0.497 e. The highest BCUT2D eigenvalue weighted by molar-refractivity contribution is 7.98. The predicted octanol–water partition coefficient (Wildman–Crippen LogP) is 3.38. The number of carbonyl (C=O) groups excluding carboxylic acids is 1. The molecular weight excluding hydrogens is 324 g/mol. The van der Waals surface area contributed by atoms with Gasteiger partial charge in [0.2, 0.25) is 0 Å². The van der Waals surface area contributed by atoms with Gasteiger partial charge >= 0.3 is 5.97 Å². The zero-order valence-electron chi connectivity index (χ0n) is 14.0. The van der Waals surface area contributed by atoms with Crippen LogP contribution in [0.3, 0.4) is 0 Å². The summed E-state index contributed by atoms with van der Waals surface area (Å²) in [6.45, 7) is 0.978. The summed E-state index contributed by atoms with van der Waals surface area (Å²) in [6, 6.07) is 8.22. The highest BCUT2D eigenvalue weighted by atomic mass is 32.2. The van der Waals surface area contributed by atoms with Crippen molar-refractivity contribution in [1.29, 1.82) is 0 Å². The fraction of sp³-hybridized carbons (Fsp3) is 0.444. The van der Waals surface area contributed by atoms with E-state index in [1.165, 1.54) is 18.4 Å². The van der Waals surface area contributed by atoms with Gasteiger partial charge in [-0.15, -0.1) is 11.8 Å². The quantitative estimate of drug-likeness (QED) is 0.720. The van der Waals surface area contributed by atoms with Crippen LogP contribution in [0.4, 0.5) is 0 Å². The van der Waals surface area contributed by atoms with E-state index < -0.39 is 0 Å². The maximum atomic E-state index is 11.3. The van der Waals surface area contributed by atoms with Crippen molar-refractivity contribution in [3.63, 3.8) is 0 Å². The molecule has 1 atom stereocenters. The van der Waals surface area contributed by atoms with Gasteiger partial charge in [0.15, 0.2) is 0 Å². The highest BCUT2D eigenvalue weighted by Crippen LogP contribution is 2.40. The van der Waals surface area contributed by atoms with Crippen LogP contribution in [0.15, 0.2) is 30.5 Å². The molecule has 0 amide bonds. The van der Waals surface area contributed by atoms with Crippen LogP contribution in [-0.2, 0) is 28.2 Å². The second kappa shape index (κ2) is 7.75. The Balaban J connectivity index is 1.58. The smallest absolute Gasteiger partial charge is 0.305 e. The molecule has 0 saturated carbocycles. The van der Waals surface area contributed by atoms with Gasteiger partial charge in [0.25, 0.3) is 0 Å². The Kier molecular flexibility index (Phi) is 5.45. The molecule has 2 heterocycles. The third kappa shape index (κ3) is 3.75. The van der Waals surface area contributed by atoms with E-state index in [4.69, 9.17) is 9.47 Å². The van der Waals surface area contributed by atoms with Gasteiger partial charge in [0.1, 0.15) is 11.6 Å². The van der Waals surface area contributed by atoms with E-state index in [2.05, 4.69) is 21.7 Å². The zero-order chi connectivity index (χ0) is 16.9. The number of imidazole rings is 1. The van der Waals surface area contributed by atoms with E-state index in [0.717, 1.165) is 30.3 Å². The van der Waals surface area contributed by atoms with Crippen molar-refractivity contribution in [2.75, 3.05) is 14.2 Å². The Morgan fingerprint density at radius 3 is 2.83 bits per heavy atom. The van der Waals surface area contributed by atoms with Crippen molar-refractivity contribution in [2.45, 2.75) is 36.8 Å². The minimum absolute atomic E-state index is 0.184. The minimum atomic E-state index is -0.184. The van der Waals surface area contributed by atoms with Crippen LogP contribution in [0.25, 0.3) is 0 Å². The lowest BCUT2D eigenvalue weighted by molar-refractivity contribution is -0.140. The fourth-order valence-corrected chi connectivity index (χ4v) is 4.16. The number of thioether (sulfide) groups is 1. The summed E-state index contributed by atoms with van der Waals surface area (Å²) in [4.78, 5) is 15.8. The number of hydrogen-bond donors (Lipinski definition) is 0. The van der Waals surface area contributed by atoms with E-state index in [1.54, 1.807) is 7.11 Å². The summed E-state index contributed by atoms with van der Waals surface area (Å²) in [5.74, 6) is 2.66. The molecule has 128 valence electrons. The summed E-state index contributed by atoms with van der Waals surface area (Å²) in [5.41, 5.74) is 2.57. The molecule has 1 unspecified atom stereocenters. The van der Waals surface area contributed by atoms with Crippen molar-refractivity contribution in [2.24, 2.45) is 0 Å². The average molecular weight is 346 g/mol. The van der Waals surface area contributed by atoms with Crippen LogP contribution in [-0.4, -0.2) is 29.7 Å². The van der Waals surface area contributed by atoms with Crippen LogP contribution >= 0.6 is 11.8 Å². The lowest BCUT2D eigenvalue weighted by Crippen LogP contribution is -2.06. The van der Waals surface area contributed by atoms with Crippen molar-refractivity contribution >= 4 is 17.7 Å². The monoisotopic (exact) mass is 346 g/mol. The van der Waals surface area contributed by atoms with E-state index >= 15 is 0 Å². The van der Waals surface area contributed by atoms with Gasteiger partial charge in [0.05, 0.1) is 26.3 Å². The molecule has 0 bridgehead atoms. The zero-order valence-corrected chi connectivity index (χ0v) is 14.8. The normalized spacial score (nSPS) is 16.0. The van der Waals surface area contributed by atoms with Gasteiger partial charge in [-0.2, -0.15) is 0 Å². The van der Waals surface area contributed by atoms with E-state index in [9.17, 15) is 4.79 Å². The average Bonchev–Trinajstić information content (AvgIpc) is 3.20. The van der Waals surface area contributed by atoms with E-state index in [1.807, 2.05) is 30.1 Å². The first kappa shape index (κ1) is 16.9.